The van der Waals surface area contributed by atoms with Gasteiger partial charge < -0.3 is 5.11 Å². The van der Waals surface area contributed by atoms with E-state index in [0.29, 0.717) is 10.0 Å². The van der Waals surface area contributed by atoms with Crippen LogP contribution >= 0.6 is 15.9 Å². The first kappa shape index (κ1) is 10.6. The Kier molecular flexibility index (Phi) is 2.78. The van der Waals surface area contributed by atoms with Gasteiger partial charge in [-0.1, -0.05) is 6.07 Å². The van der Waals surface area contributed by atoms with Crippen LogP contribution in [0.25, 0.3) is 0 Å². The molecule has 0 saturated heterocycles. The smallest absolute Gasteiger partial charge is 0.311 e. The van der Waals surface area contributed by atoms with E-state index in [9.17, 15) is 9.18 Å². The van der Waals surface area contributed by atoms with Crippen molar-refractivity contribution in [3.63, 3.8) is 0 Å². The van der Waals surface area contributed by atoms with Gasteiger partial charge in [-0.2, -0.15) is 0 Å². The highest BCUT2D eigenvalue weighted by Gasteiger charge is 2.37. The molecule has 4 heteroatoms. The topological polar surface area (TPSA) is 37.3 Å². The summed E-state index contributed by atoms with van der Waals surface area (Å²) in [6.45, 7) is 0. The Labute approximate surface area is 95.2 Å². The normalized spacial score (nSPS) is 17.5. The quantitative estimate of drug-likeness (QED) is 0.918. The van der Waals surface area contributed by atoms with E-state index in [0.717, 1.165) is 12.8 Å². The highest BCUT2D eigenvalue weighted by Crippen LogP contribution is 2.43. The molecule has 1 aromatic carbocycles. The van der Waals surface area contributed by atoms with E-state index in [1.165, 1.54) is 6.07 Å². The molecule has 0 spiro atoms. The number of carbonyl (C=O) groups is 1. The molecule has 1 aliphatic carbocycles. The molecule has 0 heterocycles. The van der Waals surface area contributed by atoms with Crippen LogP contribution in [-0.2, 0) is 4.79 Å². The number of benzene rings is 1. The molecule has 80 valence electrons. The molecule has 15 heavy (non-hydrogen) atoms. The number of halogens is 2. The molecule has 2 rings (SSSR count). The Balaban J connectivity index is 2.33. The number of hydrogen-bond donors (Lipinski definition) is 1. The van der Waals surface area contributed by atoms with Crippen LogP contribution in [0.1, 0.15) is 24.3 Å². The Bertz CT molecular complexity index is 402. The standard InChI is InChI=1S/C11H10BrFO2/c12-8-4-3-7(5-9(8)13)10(11(14)15)6-1-2-6/h3-6,10H,1-2H2,(H,14,15). The molecular weight excluding hydrogens is 263 g/mol. The third kappa shape index (κ3) is 2.20. The van der Waals surface area contributed by atoms with Gasteiger partial charge in [-0.05, 0) is 52.4 Å². The summed E-state index contributed by atoms with van der Waals surface area (Å²) in [5.41, 5.74) is 0.561. The third-order valence-electron chi connectivity index (χ3n) is 2.66. The minimum absolute atomic E-state index is 0.183. The average molecular weight is 273 g/mol. The fourth-order valence-electron chi connectivity index (χ4n) is 1.75. The zero-order valence-corrected chi connectivity index (χ0v) is 9.50. The van der Waals surface area contributed by atoms with Crippen molar-refractivity contribution >= 4 is 21.9 Å². The van der Waals surface area contributed by atoms with E-state index in [2.05, 4.69) is 15.9 Å². The second kappa shape index (κ2) is 3.93. The first-order chi connectivity index (χ1) is 7.09. The van der Waals surface area contributed by atoms with E-state index >= 15 is 0 Å². The van der Waals surface area contributed by atoms with Gasteiger partial charge in [0, 0.05) is 0 Å². The molecule has 1 saturated carbocycles. The maximum atomic E-state index is 13.2. The highest BCUT2D eigenvalue weighted by molar-refractivity contribution is 9.10. The molecule has 0 amide bonds. The second-order valence-corrected chi connectivity index (χ2v) is 4.68. The monoisotopic (exact) mass is 272 g/mol. The van der Waals surface area contributed by atoms with Crippen molar-refractivity contribution in [1.82, 2.24) is 0 Å². The van der Waals surface area contributed by atoms with Crippen molar-refractivity contribution in [3.05, 3.63) is 34.1 Å². The fourth-order valence-corrected chi connectivity index (χ4v) is 2.00. The zero-order valence-electron chi connectivity index (χ0n) is 7.91. The molecule has 1 aliphatic rings. The highest BCUT2D eigenvalue weighted by atomic mass is 79.9. The van der Waals surface area contributed by atoms with Crippen LogP contribution in [0.15, 0.2) is 22.7 Å². The van der Waals surface area contributed by atoms with E-state index in [-0.39, 0.29) is 5.92 Å². The number of carboxylic acid groups (broad SMARTS) is 1. The fraction of sp³-hybridized carbons (Fsp3) is 0.364. The van der Waals surface area contributed by atoms with Crippen LogP contribution in [0.3, 0.4) is 0 Å². The van der Waals surface area contributed by atoms with Gasteiger partial charge in [0.25, 0.3) is 0 Å². The van der Waals surface area contributed by atoms with Gasteiger partial charge in [0.05, 0.1) is 10.4 Å². The Hall–Kier alpha value is -0.900. The maximum Gasteiger partial charge on any atom is 0.311 e. The number of aliphatic carboxylic acids is 1. The van der Waals surface area contributed by atoms with E-state index in [1.807, 2.05) is 0 Å². The molecular formula is C11H10BrFO2. The van der Waals surface area contributed by atoms with E-state index < -0.39 is 17.7 Å². The van der Waals surface area contributed by atoms with E-state index in [1.54, 1.807) is 12.1 Å². The molecule has 1 unspecified atom stereocenters. The third-order valence-corrected chi connectivity index (χ3v) is 3.31. The van der Waals surface area contributed by atoms with Gasteiger partial charge in [0.2, 0.25) is 0 Å². The maximum absolute atomic E-state index is 13.2. The summed E-state index contributed by atoms with van der Waals surface area (Å²) in [5, 5.41) is 9.06. The summed E-state index contributed by atoms with van der Waals surface area (Å²) in [6.07, 6.45) is 1.85. The van der Waals surface area contributed by atoms with Gasteiger partial charge in [0.15, 0.2) is 0 Å². The lowest BCUT2D eigenvalue weighted by Crippen LogP contribution is -2.13. The summed E-state index contributed by atoms with van der Waals surface area (Å²) in [6, 6.07) is 4.54. The lowest BCUT2D eigenvalue weighted by molar-refractivity contribution is -0.139. The largest absolute Gasteiger partial charge is 0.481 e. The van der Waals surface area contributed by atoms with Crippen molar-refractivity contribution < 1.29 is 14.3 Å². The first-order valence-corrected chi connectivity index (χ1v) is 5.56. The molecule has 0 bridgehead atoms. The Morgan fingerprint density at radius 1 is 1.53 bits per heavy atom. The molecule has 1 fully saturated rings. The van der Waals surface area contributed by atoms with Crippen LogP contribution in [0, 0.1) is 11.7 Å². The lowest BCUT2D eigenvalue weighted by Gasteiger charge is -2.11. The van der Waals surface area contributed by atoms with Crippen LogP contribution in [0.2, 0.25) is 0 Å². The molecule has 1 aromatic rings. The van der Waals surface area contributed by atoms with Crippen molar-refractivity contribution in [1.29, 1.82) is 0 Å². The summed E-state index contributed by atoms with van der Waals surface area (Å²) in [4.78, 5) is 11.0. The van der Waals surface area contributed by atoms with Crippen molar-refractivity contribution in [2.45, 2.75) is 18.8 Å². The summed E-state index contributed by atoms with van der Waals surface area (Å²) < 4.78 is 13.6. The summed E-state index contributed by atoms with van der Waals surface area (Å²) >= 11 is 3.05. The molecule has 1 N–H and O–H groups in total. The molecule has 0 aliphatic heterocycles. The first-order valence-electron chi connectivity index (χ1n) is 4.77. The Morgan fingerprint density at radius 3 is 2.67 bits per heavy atom. The predicted octanol–water partition coefficient (Wildman–Crippen LogP) is 3.17. The lowest BCUT2D eigenvalue weighted by atomic mass is 9.94. The Morgan fingerprint density at radius 2 is 2.20 bits per heavy atom. The van der Waals surface area contributed by atoms with Crippen LogP contribution < -0.4 is 0 Å². The van der Waals surface area contributed by atoms with Crippen LogP contribution in [-0.4, -0.2) is 11.1 Å². The molecule has 0 radical (unpaired) electrons. The zero-order chi connectivity index (χ0) is 11.0. The van der Waals surface area contributed by atoms with E-state index in [4.69, 9.17) is 5.11 Å². The molecule has 0 aromatic heterocycles. The molecule has 2 nitrogen and oxygen atoms in total. The van der Waals surface area contributed by atoms with Gasteiger partial charge in [-0.25, -0.2) is 4.39 Å². The van der Waals surface area contributed by atoms with Crippen LogP contribution in [0.5, 0.6) is 0 Å². The van der Waals surface area contributed by atoms with Gasteiger partial charge in [-0.3, -0.25) is 4.79 Å². The minimum Gasteiger partial charge on any atom is -0.481 e. The van der Waals surface area contributed by atoms with Crippen molar-refractivity contribution in [2.75, 3.05) is 0 Å². The van der Waals surface area contributed by atoms with Crippen molar-refractivity contribution in [3.8, 4) is 0 Å². The second-order valence-electron chi connectivity index (χ2n) is 3.83. The number of rotatable bonds is 3. The van der Waals surface area contributed by atoms with Gasteiger partial charge >= 0.3 is 5.97 Å². The van der Waals surface area contributed by atoms with Crippen molar-refractivity contribution in [2.24, 2.45) is 5.92 Å². The van der Waals surface area contributed by atoms with Gasteiger partial charge in [-0.15, -0.1) is 0 Å². The predicted molar refractivity (Wildman–Crippen MR) is 57.2 cm³/mol. The minimum atomic E-state index is -0.862. The summed E-state index contributed by atoms with van der Waals surface area (Å²) in [5.74, 6) is -1.63. The number of carboxylic acids is 1. The molecule has 1 atom stereocenters. The van der Waals surface area contributed by atoms with Crippen LogP contribution in [0.4, 0.5) is 4.39 Å². The number of hydrogen-bond acceptors (Lipinski definition) is 1. The summed E-state index contributed by atoms with van der Waals surface area (Å²) in [7, 11) is 0. The SMILES string of the molecule is O=C(O)C(c1ccc(Br)c(F)c1)C1CC1. The average Bonchev–Trinajstić information content (AvgIpc) is 2.95. The van der Waals surface area contributed by atoms with Gasteiger partial charge in [0.1, 0.15) is 5.82 Å².